The smallest absolute Gasteiger partial charge is 0.323 e. The number of carbonyl (C=O) groups is 1. The molecule has 0 radical (unpaired) electrons. The van der Waals surface area contributed by atoms with Crippen LogP contribution in [0, 0.1) is 11.3 Å². The molecule has 3 aromatic carbocycles. The number of ether oxygens (including phenoxy) is 1. The van der Waals surface area contributed by atoms with E-state index in [9.17, 15) is 10.1 Å². The van der Waals surface area contributed by atoms with Crippen molar-refractivity contribution in [3.8, 4) is 6.07 Å². The molecule has 29 heavy (non-hydrogen) atoms. The predicted octanol–water partition coefficient (Wildman–Crippen LogP) is 4.34. The van der Waals surface area contributed by atoms with Gasteiger partial charge >= 0.3 is 5.97 Å². The topological polar surface area (TPSA) is 53.3 Å². The molecule has 0 aromatic heterocycles. The van der Waals surface area contributed by atoms with Crippen molar-refractivity contribution in [2.24, 2.45) is 0 Å². The molecule has 0 aliphatic heterocycles. The Kier molecular flexibility index (Phi) is 7.16. The minimum atomic E-state index is -0.437. The third kappa shape index (κ3) is 5.78. The highest BCUT2D eigenvalue weighted by Gasteiger charge is 2.27. The molecule has 0 spiro atoms. The van der Waals surface area contributed by atoms with Crippen molar-refractivity contribution in [3.63, 3.8) is 0 Å². The number of nitriles is 1. The van der Waals surface area contributed by atoms with Gasteiger partial charge in [0.1, 0.15) is 6.04 Å². The van der Waals surface area contributed by atoms with E-state index in [4.69, 9.17) is 4.74 Å². The van der Waals surface area contributed by atoms with E-state index < -0.39 is 6.04 Å². The summed E-state index contributed by atoms with van der Waals surface area (Å²) >= 11 is 0. The number of esters is 1. The van der Waals surface area contributed by atoms with Crippen LogP contribution >= 0.6 is 0 Å². The molecule has 146 valence electrons. The Hall–Kier alpha value is -3.42. The zero-order valence-corrected chi connectivity index (χ0v) is 16.5. The van der Waals surface area contributed by atoms with Gasteiger partial charge in [0.2, 0.25) is 0 Å². The fourth-order valence-corrected chi connectivity index (χ4v) is 3.40. The highest BCUT2D eigenvalue weighted by atomic mass is 16.5. The van der Waals surface area contributed by atoms with E-state index in [2.05, 4.69) is 23.1 Å². The maximum Gasteiger partial charge on any atom is 0.323 e. The first-order chi connectivity index (χ1) is 14.2. The maximum absolute atomic E-state index is 12.7. The van der Waals surface area contributed by atoms with Gasteiger partial charge in [-0.05, 0) is 35.2 Å². The van der Waals surface area contributed by atoms with Crippen molar-refractivity contribution in [2.45, 2.75) is 25.6 Å². The Bertz CT molecular complexity index is 965. The molecule has 3 rings (SSSR count). The zero-order valence-electron chi connectivity index (χ0n) is 16.5. The zero-order chi connectivity index (χ0) is 20.5. The van der Waals surface area contributed by atoms with E-state index in [0.29, 0.717) is 25.1 Å². The fraction of sp³-hybridized carbons (Fsp3) is 0.200. The Labute approximate surface area is 172 Å². The van der Waals surface area contributed by atoms with Crippen molar-refractivity contribution in [1.82, 2.24) is 4.90 Å². The Balaban J connectivity index is 1.93. The third-order valence-electron chi connectivity index (χ3n) is 4.86. The summed E-state index contributed by atoms with van der Waals surface area (Å²) in [6.45, 7) is 1.14. The lowest BCUT2D eigenvalue weighted by Crippen LogP contribution is -2.42. The molecule has 0 amide bonds. The van der Waals surface area contributed by atoms with Gasteiger partial charge in [-0.15, -0.1) is 0 Å². The average Bonchev–Trinajstić information content (AvgIpc) is 2.78. The summed E-state index contributed by atoms with van der Waals surface area (Å²) in [5, 5.41) is 9.22. The van der Waals surface area contributed by atoms with E-state index >= 15 is 0 Å². The quantitative estimate of drug-likeness (QED) is 0.542. The second-order valence-corrected chi connectivity index (χ2v) is 6.93. The number of benzene rings is 3. The monoisotopic (exact) mass is 384 g/mol. The van der Waals surface area contributed by atoms with E-state index in [1.807, 2.05) is 66.7 Å². The van der Waals surface area contributed by atoms with E-state index in [1.54, 1.807) is 6.07 Å². The molecule has 0 aliphatic carbocycles. The van der Waals surface area contributed by atoms with E-state index in [0.717, 1.165) is 16.7 Å². The van der Waals surface area contributed by atoms with Crippen LogP contribution in [-0.2, 0) is 29.0 Å². The highest BCUT2D eigenvalue weighted by molar-refractivity contribution is 5.76. The van der Waals surface area contributed by atoms with Crippen LogP contribution in [0.2, 0.25) is 0 Å². The van der Waals surface area contributed by atoms with Crippen molar-refractivity contribution >= 4 is 5.97 Å². The molecule has 0 fully saturated rings. The third-order valence-corrected chi connectivity index (χ3v) is 4.86. The van der Waals surface area contributed by atoms with Crippen LogP contribution in [0.5, 0.6) is 0 Å². The molecule has 0 bridgehead atoms. The molecular weight excluding hydrogens is 360 g/mol. The van der Waals surface area contributed by atoms with Crippen molar-refractivity contribution in [3.05, 3.63) is 107 Å². The standard InChI is InChI=1S/C25H24N2O2/c1-29-25(28)24(16-20-9-4-2-5-10-20)27(18-21-11-6-3-7-12-21)19-23-14-8-13-22(15-23)17-26/h2-15,24H,16,18-19H2,1H3. The normalized spacial score (nSPS) is 11.6. The molecule has 0 heterocycles. The molecule has 4 nitrogen and oxygen atoms in total. The van der Waals surface area contributed by atoms with Gasteiger partial charge in [-0.1, -0.05) is 72.8 Å². The first kappa shape index (κ1) is 20.3. The van der Waals surface area contributed by atoms with Gasteiger partial charge in [0.05, 0.1) is 18.7 Å². The molecule has 1 atom stereocenters. The van der Waals surface area contributed by atoms with Crippen LogP contribution in [0.1, 0.15) is 22.3 Å². The van der Waals surface area contributed by atoms with Crippen LogP contribution in [0.4, 0.5) is 0 Å². The molecule has 0 saturated heterocycles. The second-order valence-electron chi connectivity index (χ2n) is 6.93. The maximum atomic E-state index is 12.7. The van der Waals surface area contributed by atoms with Gasteiger partial charge < -0.3 is 4.74 Å². The van der Waals surface area contributed by atoms with Crippen LogP contribution in [0.25, 0.3) is 0 Å². The molecular formula is C25H24N2O2. The van der Waals surface area contributed by atoms with Gasteiger partial charge in [0, 0.05) is 13.1 Å². The fourth-order valence-electron chi connectivity index (χ4n) is 3.40. The number of hydrogen-bond donors (Lipinski definition) is 0. The van der Waals surface area contributed by atoms with Crippen LogP contribution in [-0.4, -0.2) is 24.0 Å². The molecule has 0 saturated carbocycles. The van der Waals surface area contributed by atoms with Gasteiger partial charge in [-0.25, -0.2) is 0 Å². The van der Waals surface area contributed by atoms with Crippen LogP contribution in [0.15, 0.2) is 84.9 Å². The van der Waals surface area contributed by atoms with E-state index in [-0.39, 0.29) is 5.97 Å². The average molecular weight is 384 g/mol. The second kappa shape index (κ2) is 10.2. The molecule has 3 aromatic rings. The number of hydrogen-bond acceptors (Lipinski definition) is 4. The van der Waals surface area contributed by atoms with E-state index in [1.165, 1.54) is 7.11 Å². The summed E-state index contributed by atoms with van der Waals surface area (Å²) in [7, 11) is 1.43. The largest absolute Gasteiger partial charge is 0.468 e. The molecule has 0 aliphatic rings. The highest BCUT2D eigenvalue weighted by Crippen LogP contribution is 2.19. The number of methoxy groups -OCH3 is 1. The summed E-state index contributed by atoms with van der Waals surface area (Å²) in [6, 6.07) is 29.3. The Morgan fingerprint density at radius 2 is 1.48 bits per heavy atom. The lowest BCUT2D eigenvalue weighted by Gasteiger charge is -2.30. The van der Waals surface area contributed by atoms with Gasteiger partial charge in [0.15, 0.2) is 0 Å². The minimum Gasteiger partial charge on any atom is -0.468 e. The van der Waals surface area contributed by atoms with Gasteiger partial charge in [-0.3, -0.25) is 9.69 Å². The summed E-state index contributed by atoms with van der Waals surface area (Å²) < 4.78 is 5.15. The summed E-state index contributed by atoms with van der Waals surface area (Å²) in [5.41, 5.74) is 3.79. The number of rotatable bonds is 8. The molecule has 1 unspecified atom stereocenters. The summed E-state index contributed by atoms with van der Waals surface area (Å²) in [6.07, 6.45) is 0.554. The van der Waals surface area contributed by atoms with Crippen molar-refractivity contribution < 1.29 is 9.53 Å². The SMILES string of the molecule is COC(=O)C(Cc1ccccc1)N(Cc1ccccc1)Cc1cccc(C#N)c1. The first-order valence-corrected chi connectivity index (χ1v) is 9.58. The Morgan fingerprint density at radius 3 is 2.10 bits per heavy atom. The number of nitrogens with zero attached hydrogens (tertiary/aromatic N) is 2. The predicted molar refractivity (Wildman–Crippen MR) is 113 cm³/mol. The van der Waals surface area contributed by atoms with Crippen LogP contribution in [0.3, 0.4) is 0 Å². The summed E-state index contributed by atoms with van der Waals surface area (Å²) in [5.74, 6) is -0.263. The lowest BCUT2D eigenvalue weighted by molar-refractivity contribution is -0.147. The first-order valence-electron chi connectivity index (χ1n) is 9.58. The minimum absolute atomic E-state index is 0.263. The number of carbonyl (C=O) groups excluding carboxylic acids is 1. The summed E-state index contributed by atoms with van der Waals surface area (Å²) in [4.78, 5) is 14.9. The Morgan fingerprint density at radius 1 is 0.897 bits per heavy atom. The van der Waals surface area contributed by atoms with Gasteiger partial charge in [0.25, 0.3) is 0 Å². The van der Waals surface area contributed by atoms with Crippen molar-refractivity contribution in [1.29, 1.82) is 5.26 Å². The van der Waals surface area contributed by atoms with Crippen molar-refractivity contribution in [2.75, 3.05) is 7.11 Å². The molecule has 0 N–H and O–H groups in total. The molecule has 4 heteroatoms. The van der Waals surface area contributed by atoms with Crippen LogP contribution < -0.4 is 0 Å². The lowest BCUT2D eigenvalue weighted by atomic mass is 10.0. The van der Waals surface area contributed by atoms with Gasteiger partial charge in [-0.2, -0.15) is 5.26 Å².